The maximum Gasteiger partial charge on any atom is 0.0423 e. The molecule has 1 atom stereocenters. The van der Waals surface area contributed by atoms with E-state index in [1.165, 1.54) is 12.0 Å². The molecule has 1 fully saturated rings. The summed E-state index contributed by atoms with van der Waals surface area (Å²) in [6.07, 6.45) is 3.51. The molecule has 2 heteroatoms. The Morgan fingerprint density at radius 1 is 1.38 bits per heavy atom. The van der Waals surface area contributed by atoms with Crippen LogP contribution in [0.4, 0.5) is 0 Å². The van der Waals surface area contributed by atoms with E-state index in [1.54, 1.807) is 11.3 Å². The molecule has 1 aliphatic carbocycles. The number of hydrogen-bond acceptors (Lipinski definition) is 2. The normalized spacial score (nSPS) is 32.2. The molecule has 0 aliphatic heterocycles. The van der Waals surface area contributed by atoms with Crippen LogP contribution in [0.5, 0.6) is 0 Å². The van der Waals surface area contributed by atoms with E-state index in [1.807, 2.05) is 0 Å². The summed E-state index contributed by atoms with van der Waals surface area (Å²) in [4.78, 5) is 0. The first kappa shape index (κ1) is 9.22. The van der Waals surface area contributed by atoms with Gasteiger partial charge in [-0.2, -0.15) is 11.3 Å². The standard InChI is InChI=1S/C11H17NS/c1-10(2)4-5-11(12,8-10)9-3-6-13-7-9/h3,6-7H,4-5,8,12H2,1-2H3. The van der Waals surface area contributed by atoms with Crippen LogP contribution >= 0.6 is 11.3 Å². The highest BCUT2D eigenvalue weighted by Gasteiger charge is 2.41. The largest absolute Gasteiger partial charge is 0.321 e. The lowest BCUT2D eigenvalue weighted by atomic mass is 9.85. The molecule has 0 radical (unpaired) electrons. The fraction of sp³-hybridized carbons (Fsp3) is 0.636. The summed E-state index contributed by atoms with van der Waals surface area (Å²) in [5, 5.41) is 4.32. The Labute approximate surface area is 84.0 Å². The third-order valence-corrected chi connectivity index (χ3v) is 3.82. The van der Waals surface area contributed by atoms with Gasteiger partial charge in [0.1, 0.15) is 0 Å². The molecule has 1 unspecified atom stereocenters. The van der Waals surface area contributed by atoms with Gasteiger partial charge >= 0.3 is 0 Å². The average molecular weight is 195 g/mol. The topological polar surface area (TPSA) is 26.0 Å². The molecule has 2 rings (SSSR count). The van der Waals surface area contributed by atoms with Gasteiger partial charge in [-0.1, -0.05) is 13.8 Å². The highest BCUT2D eigenvalue weighted by atomic mass is 32.1. The van der Waals surface area contributed by atoms with Crippen LogP contribution in [0.3, 0.4) is 0 Å². The molecular weight excluding hydrogens is 178 g/mol. The summed E-state index contributed by atoms with van der Waals surface area (Å²) in [7, 11) is 0. The van der Waals surface area contributed by atoms with Gasteiger partial charge in [-0.3, -0.25) is 0 Å². The lowest BCUT2D eigenvalue weighted by molar-refractivity contribution is 0.340. The van der Waals surface area contributed by atoms with Crippen molar-refractivity contribution in [1.82, 2.24) is 0 Å². The number of nitrogens with two attached hydrogens (primary N) is 1. The van der Waals surface area contributed by atoms with Crippen LogP contribution in [-0.2, 0) is 5.54 Å². The SMILES string of the molecule is CC1(C)CCC(N)(c2ccsc2)C1. The van der Waals surface area contributed by atoms with Crippen LogP contribution in [-0.4, -0.2) is 0 Å². The van der Waals surface area contributed by atoms with Gasteiger partial charge in [0.15, 0.2) is 0 Å². The molecule has 1 saturated carbocycles. The molecule has 0 amide bonds. The second-order valence-corrected chi connectivity index (χ2v) is 5.79. The van der Waals surface area contributed by atoms with Crippen molar-refractivity contribution < 1.29 is 0 Å². The third kappa shape index (κ3) is 1.65. The fourth-order valence-corrected chi connectivity index (χ4v) is 3.15. The van der Waals surface area contributed by atoms with Crippen LogP contribution in [0.15, 0.2) is 16.8 Å². The van der Waals surface area contributed by atoms with Crippen molar-refractivity contribution in [2.75, 3.05) is 0 Å². The Balaban J connectivity index is 2.25. The molecule has 1 aromatic rings. The quantitative estimate of drug-likeness (QED) is 0.732. The fourth-order valence-electron chi connectivity index (χ4n) is 2.39. The van der Waals surface area contributed by atoms with Crippen molar-refractivity contribution in [1.29, 1.82) is 0 Å². The third-order valence-electron chi connectivity index (χ3n) is 3.14. The molecule has 0 spiro atoms. The van der Waals surface area contributed by atoms with Crippen LogP contribution in [0.25, 0.3) is 0 Å². The first-order valence-electron chi connectivity index (χ1n) is 4.83. The Morgan fingerprint density at radius 2 is 2.15 bits per heavy atom. The molecule has 0 saturated heterocycles. The summed E-state index contributed by atoms with van der Waals surface area (Å²) >= 11 is 1.75. The van der Waals surface area contributed by atoms with Gasteiger partial charge in [-0.15, -0.1) is 0 Å². The summed E-state index contributed by atoms with van der Waals surface area (Å²) < 4.78 is 0. The van der Waals surface area contributed by atoms with Crippen molar-refractivity contribution in [3.63, 3.8) is 0 Å². The van der Waals surface area contributed by atoms with E-state index < -0.39 is 0 Å². The predicted molar refractivity (Wildman–Crippen MR) is 57.8 cm³/mol. The van der Waals surface area contributed by atoms with Crippen LogP contribution in [0, 0.1) is 5.41 Å². The van der Waals surface area contributed by atoms with Gasteiger partial charge in [0.2, 0.25) is 0 Å². The average Bonchev–Trinajstić information content (AvgIpc) is 2.58. The Morgan fingerprint density at radius 3 is 2.62 bits per heavy atom. The summed E-state index contributed by atoms with van der Waals surface area (Å²) in [5.41, 5.74) is 8.13. The Hall–Kier alpha value is -0.340. The van der Waals surface area contributed by atoms with E-state index in [0.29, 0.717) is 5.41 Å². The molecule has 13 heavy (non-hydrogen) atoms. The molecule has 1 aliphatic rings. The van der Waals surface area contributed by atoms with Crippen LogP contribution in [0.1, 0.15) is 38.7 Å². The van der Waals surface area contributed by atoms with Crippen molar-refractivity contribution in [3.8, 4) is 0 Å². The monoisotopic (exact) mass is 195 g/mol. The lowest BCUT2D eigenvalue weighted by Crippen LogP contribution is -2.33. The molecular formula is C11H17NS. The number of hydrogen-bond donors (Lipinski definition) is 1. The first-order valence-corrected chi connectivity index (χ1v) is 5.78. The molecule has 2 N–H and O–H groups in total. The van der Waals surface area contributed by atoms with Gasteiger partial charge < -0.3 is 5.73 Å². The van der Waals surface area contributed by atoms with E-state index in [4.69, 9.17) is 5.73 Å². The van der Waals surface area contributed by atoms with E-state index in [9.17, 15) is 0 Å². The predicted octanol–water partition coefficient (Wildman–Crippen LogP) is 3.11. The molecule has 0 bridgehead atoms. The maximum absolute atomic E-state index is 6.41. The second-order valence-electron chi connectivity index (χ2n) is 5.01. The van der Waals surface area contributed by atoms with Gasteiger partial charge in [0.05, 0.1) is 0 Å². The highest BCUT2D eigenvalue weighted by molar-refractivity contribution is 7.08. The Kier molecular flexibility index (Phi) is 2.00. The minimum Gasteiger partial charge on any atom is -0.321 e. The van der Waals surface area contributed by atoms with Crippen LogP contribution in [0.2, 0.25) is 0 Å². The van der Waals surface area contributed by atoms with Crippen molar-refractivity contribution >= 4 is 11.3 Å². The van der Waals surface area contributed by atoms with Crippen molar-refractivity contribution in [2.45, 2.75) is 38.6 Å². The van der Waals surface area contributed by atoms with Gasteiger partial charge in [0, 0.05) is 5.54 Å². The van der Waals surface area contributed by atoms with Crippen molar-refractivity contribution in [3.05, 3.63) is 22.4 Å². The minimum atomic E-state index is -0.0382. The second kappa shape index (κ2) is 2.82. The summed E-state index contributed by atoms with van der Waals surface area (Å²) in [6.45, 7) is 4.63. The van der Waals surface area contributed by atoms with Gasteiger partial charge in [-0.25, -0.2) is 0 Å². The van der Waals surface area contributed by atoms with Gasteiger partial charge in [-0.05, 0) is 47.1 Å². The maximum atomic E-state index is 6.41. The van der Waals surface area contributed by atoms with Gasteiger partial charge in [0.25, 0.3) is 0 Å². The van der Waals surface area contributed by atoms with Crippen molar-refractivity contribution in [2.24, 2.45) is 11.1 Å². The summed E-state index contributed by atoms with van der Waals surface area (Å²) in [6, 6.07) is 2.17. The summed E-state index contributed by atoms with van der Waals surface area (Å²) in [5.74, 6) is 0. The zero-order chi connectivity index (χ0) is 9.53. The number of rotatable bonds is 1. The molecule has 1 nitrogen and oxygen atoms in total. The minimum absolute atomic E-state index is 0.0382. The molecule has 72 valence electrons. The van der Waals surface area contributed by atoms with E-state index in [2.05, 4.69) is 30.7 Å². The van der Waals surface area contributed by atoms with E-state index in [0.717, 1.165) is 12.8 Å². The molecule has 0 aromatic carbocycles. The Bertz CT molecular complexity index is 289. The van der Waals surface area contributed by atoms with E-state index >= 15 is 0 Å². The number of thiophene rings is 1. The zero-order valence-corrected chi connectivity index (χ0v) is 9.16. The first-order chi connectivity index (χ1) is 6.02. The van der Waals surface area contributed by atoms with Crippen LogP contribution < -0.4 is 5.73 Å². The molecule has 1 aromatic heterocycles. The zero-order valence-electron chi connectivity index (χ0n) is 8.34. The lowest BCUT2D eigenvalue weighted by Gasteiger charge is -2.25. The molecule has 1 heterocycles. The smallest absolute Gasteiger partial charge is 0.0423 e. The van der Waals surface area contributed by atoms with E-state index in [-0.39, 0.29) is 5.54 Å². The highest BCUT2D eigenvalue weighted by Crippen LogP contribution is 2.47.